The summed E-state index contributed by atoms with van der Waals surface area (Å²) in [6.07, 6.45) is 1.54. The molecule has 5 heteroatoms. The highest BCUT2D eigenvalue weighted by Crippen LogP contribution is 2.38. The topological polar surface area (TPSA) is 51.8 Å². The van der Waals surface area contributed by atoms with Gasteiger partial charge in [0, 0.05) is 32.8 Å². The Morgan fingerprint density at radius 3 is 2.58 bits per heavy atom. The molecule has 6 aromatic rings. The van der Waals surface area contributed by atoms with E-state index in [0.717, 1.165) is 55.0 Å². The van der Waals surface area contributed by atoms with Gasteiger partial charge in [0.05, 0.1) is 11.2 Å². The highest BCUT2D eigenvalue weighted by molar-refractivity contribution is 6.14. The van der Waals surface area contributed by atoms with E-state index in [1.807, 2.05) is 55.5 Å². The van der Waals surface area contributed by atoms with Crippen molar-refractivity contribution < 1.29 is 8.81 Å². The van der Waals surface area contributed by atoms with Crippen molar-refractivity contribution in [3.05, 3.63) is 77.5 Å². The molecule has 0 bridgehead atoms. The molecule has 6 rings (SSSR count). The highest BCUT2D eigenvalue weighted by atomic mass is 19.1. The normalized spacial score (nSPS) is 11.9. The van der Waals surface area contributed by atoms with Crippen LogP contribution in [0.1, 0.15) is 16.8 Å². The molecule has 0 N–H and O–H groups in total. The molecule has 3 heterocycles. The summed E-state index contributed by atoms with van der Waals surface area (Å²) in [4.78, 5) is 13.7. The Kier molecular flexibility index (Phi) is 3.66. The number of hydrogen-bond donors (Lipinski definition) is 0. The zero-order valence-electron chi connectivity index (χ0n) is 17.3. The summed E-state index contributed by atoms with van der Waals surface area (Å²) < 4.78 is 20.9. The number of aromatic nitrogens is 3. The Balaban J connectivity index is 1.72. The second-order valence-electron chi connectivity index (χ2n) is 8.00. The van der Waals surface area contributed by atoms with Crippen molar-refractivity contribution in [2.45, 2.75) is 20.8 Å². The highest BCUT2D eigenvalue weighted by Gasteiger charge is 2.18. The molecule has 31 heavy (non-hydrogen) atoms. The lowest BCUT2D eigenvalue weighted by Gasteiger charge is -2.12. The fourth-order valence-corrected chi connectivity index (χ4v) is 4.53. The van der Waals surface area contributed by atoms with E-state index in [-0.39, 0.29) is 5.82 Å². The molecule has 150 valence electrons. The van der Waals surface area contributed by atoms with Crippen molar-refractivity contribution in [3.63, 3.8) is 0 Å². The summed E-state index contributed by atoms with van der Waals surface area (Å²) in [6, 6.07) is 15.9. The summed E-state index contributed by atoms with van der Waals surface area (Å²) in [5, 5.41) is 4.61. The van der Waals surface area contributed by atoms with E-state index in [1.54, 1.807) is 13.8 Å². The van der Waals surface area contributed by atoms with Gasteiger partial charge in [0.25, 0.3) is 0 Å². The number of furan rings is 1. The minimum atomic E-state index is -0.194. The van der Waals surface area contributed by atoms with E-state index in [9.17, 15) is 4.39 Å². The number of nitrogens with zero attached hydrogens (tertiary/aromatic N) is 3. The summed E-state index contributed by atoms with van der Waals surface area (Å²) in [7, 11) is 0. The molecule has 3 aromatic heterocycles. The molecule has 4 nitrogen and oxygen atoms in total. The number of benzene rings is 3. The van der Waals surface area contributed by atoms with Gasteiger partial charge < -0.3 is 4.42 Å². The van der Waals surface area contributed by atoms with Gasteiger partial charge in [0.15, 0.2) is 0 Å². The fraction of sp³-hybridized carbons (Fsp3) is 0.115. The number of rotatable bonds is 1. The van der Waals surface area contributed by atoms with Crippen molar-refractivity contribution in [1.29, 1.82) is 0 Å². The summed E-state index contributed by atoms with van der Waals surface area (Å²) in [5.41, 5.74) is 5.85. The molecule has 0 spiro atoms. The van der Waals surface area contributed by atoms with E-state index in [2.05, 4.69) is 15.0 Å². The van der Waals surface area contributed by atoms with E-state index in [4.69, 9.17) is 4.42 Å². The van der Waals surface area contributed by atoms with Crippen LogP contribution in [-0.2, 0) is 0 Å². The summed E-state index contributed by atoms with van der Waals surface area (Å²) >= 11 is 0. The maximum Gasteiger partial charge on any atom is 0.227 e. The Morgan fingerprint density at radius 2 is 1.71 bits per heavy atom. The van der Waals surface area contributed by atoms with Crippen LogP contribution in [0.2, 0.25) is 0 Å². The lowest BCUT2D eigenvalue weighted by Crippen LogP contribution is -1.95. The Hall–Kier alpha value is -3.86. The average molecular weight is 407 g/mol. The average Bonchev–Trinajstić information content (AvgIpc) is 3.14. The van der Waals surface area contributed by atoms with Crippen LogP contribution < -0.4 is 0 Å². The first-order valence-corrected chi connectivity index (χ1v) is 10.2. The lowest BCUT2D eigenvalue weighted by atomic mass is 9.96. The minimum absolute atomic E-state index is 0.194. The Morgan fingerprint density at radius 1 is 0.871 bits per heavy atom. The summed E-state index contributed by atoms with van der Waals surface area (Å²) in [5.74, 6) is -0.194. The van der Waals surface area contributed by atoms with Crippen molar-refractivity contribution in [2.24, 2.45) is 0 Å². The monoisotopic (exact) mass is 407 g/mol. The second-order valence-corrected chi connectivity index (χ2v) is 8.00. The number of para-hydroxylation sites is 1. The van der Waals surface area contributed by atoms with Crippen LogP contribution in [0.5, 0.6) is 0 Å². The van der Waals surface area contributed by atoms with Crippen molar-refractivity contribution in [1.82, 2.24) is 15.0 Å². The molecule has 0 aliphatic heterocycles. The molecular weight excluding hydrogens is 389 g/mol. The quantitative estimate of drug-likeness (QED) is 0.281. The molecule has 3 aromatic carbocycles. The van der Waals surface area contributed by atoms with Gasteiger partial charge in [-0.15, -0.1) is 0 Å². The van der Waals surface area contributed by atoms with Gasteiger partial charge in [-0.05, 0) is 67.6 Å². The third-order valence-corrected chi connectivity index (χ3v) is 6.02. The lowest BCUT2D eigenvalue weighted by molar-refractivity contribution is 0.612. The number of hydrogen-bond acceptors (Lipinski definition) is 4. The molecule has 0 saturated carbocycles. The van der Waals surface area contributed by atoms with Crippen molar-refractivity contribution in [3.8, 4) is 11.3 Å². The molecule has 0 aliphatic carbocycles. The molecule has 0 aliphatic rings. The van der Waals surface area contributed by atoms with Crippen LogP contribution in [0.15, 0.2) is 59.3 Å². The van der Waals surface area contributed by atoms with Gasteiger partial charge in [0.1, 0.15) is 17.7 Å². The van der Waals surface area contributed by atoms with Gasteiger partial charge in [0.2, 0.25) is 5.71 Å². The third-order valence-electron chi connectivity index (χ3n) is 6.02. The van der Waals surface area contributed by atoms with Crippen LogP contribution in [0.25, 0.3) is 55.0 Å². The molecule has 0 saturated heterocycles. The number of fused-ring (bicyclic) bond motifs is 6. The van der Waals surface area contributed by atoms with E-state index >= 15 is 0 Å². The van der Waals surface area contributed by atoms with Crippen LogP contribution in [0.3, 0.4) is 0 Å². The van der Waals surface area contributed by atoms with Crippen molar-refractivity contribution >= 4 is 43.7 Å². The first-order chi connectivity index (χ1) is 15.0. The summed E-state index contributed by atoms with van der Waals surface area (Å²) in [6.45, 7) is 5.54. The van der Waals surface area contributed by atoms with Crippen LogP contribution in [0.4, 0.5) is 4.39 Å². The fourth-order valence-electron chi connectivity index (χ4n) is 4.53. The molecule has 0 amide bonds. The van der Waals surface area contributed by atoms with Gasteiger partial charge in [-0.3, -0.25) is 0 Å². The molecular formula is C26H18FN3O. The van der Waals surface area contributed by atoms with E-state index in [0.29, 0.717) is 16.8 Å². The third kappa shape index (κ3) is 2.49. The van der Waals surface area contributed by atoms with Gasteiger partial charge in [-0.25, -0.2) is 19.3 Å². The molecule has 0 radical (unpaired) electrons. The zero-order chi connectivity index (χ0) is 21.3. The number of halogens is 1. The van der Waals surface area contributed by atoms with Crippen LogP contribution in [0, 0.1) is 26.6 Å². The van der Waals surface area contributed by atoms with Gasteiger partial charge >= 0.3 is 0 Å². The zero-order valence-corrected chi connectivity index (χ0v) is 17.3. The maximum absolute atomic E-state index is 14.7. The van der Waals surface area contributed by atoms with Crippen molar-refractivity contribution in [2.75, 3.05) is 0 Å². The Bertz CT molecular complexity index is 1680. The largest absolute Gasteiger partial charge is 0.437 e. The van der Waals surface area contributed by atoms with Gasteiger partial charge in [-0.2, -0.15) is 0 Å². The van der Waals surface area contributed by atoms with Crippen LogP contribution in [-0.4, -0.2) is 15.0 Å². The molecule has 0 fully saturated rings. The Labute approximate surface area is 177 Å². The smallest absolute Gasteiger partial charge is 0.227 e. The molecule has 0 atom stereocenters. The predicted octanol–water partition coefficient (Wildman–Crippen LogP) is 6.81. The van der Waals surface area contributed by atoms with Crippen LogP contribution >= 0.6 is 0 Å². The number of aryl methyl sites for hydroxylation is 3. The number of pyridine rings is 1. The minimum Gasteiger partial charge on any atom is -0.437 e. The van der Waals surface area contributed by atoms with E-state index in [1.165, 1.54) is 6.33 Å². The SMILES string of the molecule is Cc1ccc2c(n1)oc1c(-c3ncnc4c3ccc3cc(C)c(F)c(C)c34)cccc12. The molecule has 0 unspecified atom stereocenters. The maximum atomic E-state index is 14.7. The van der Waals surface area contributed by atoms with E-state index < -0.39 is 0 Å². The van der Waals surface area contributed by atoms with Gasteiger partial charge in [-0.1, -0.05) is 18.2 Å². The standard InChI is InChI=1S/C26H18FN3O/c1-13-11-16-8-10-19-23(28-12-29-24(19)21(16)15(3)22(13)27)20-6-4-5-17-18-9-7-14(2)30-26(18)31-25(17)20/h4-12H,1-3H3. The second kappa shape index (κ2) is 6.32. The first-order valence-electron chi connectivity index (χ1n) is 10.2. The first kappa shape index (κ1) is 18.0. The predicted molar refractivity (Wildman–Crippen MR) is 122 cm³/mol.